The summed E-state index contributed by atoms with van der Waals surface area (Å²) < 4.78 is 45.0. The van der Waals surface area contributed by atoms with E-state index in [1.54, 1.807) is 0 Å². The molecule has 0 saturated carbocycles. The summed E-state index contributed by atoms with van der Waals surface area (Å²) in [6.45, 7) is 6.92. The topological polar surface area (TPSA) is 84.9 Å². The molecule has 2 aromatic carbocycles. The van der Waals surface area contributed by atoms with Crippen LogP contribution in [0.3, 0.4) is 0 Å². The summed E-state index contributed by atoms with van der Waals surface area (Å²) >= 11 is 0. The average Bonchev–Trinajstić information content (AvgIpc) is 3.29. The molecule has 1 saturated heterocycles. The fourth-order valence-corrected chi connectivity index (χ4v) is 4.20. The fraction of sp³-hybridized carbons (Fsp3) is 0.417. The number of aliphatic carboxylic acids is 1. The largest absolute Gasteiger partial charge is 0.490 e. The minimum Gasteiger partial charge on any atom is -0.475 e. The molecule has 1 atom stereocenters. The van der Waals surface area contributed by atoms with Crippen molar-refractivity contribution in [1.82, 2.24) is 15.1 Å². The Kier molecular flexibility index (Phi) is 8.68. The first-order valence-electron chi connectivity index (χ1n) is 11.3. The first-order valence-corrected chi connectivity index (χ1v) is 11.3. The van der Waals surface area contributed by atoms with E-state index in [1.165, 1.54) is 23.3 Å². The Morgan fingerprint density at radius 2 is 1.63 bits per heavy atom. The molecule has 2 amide bonds. The lowest BCUT2D eigenvalue weighted by atomic mass is 10.0. The number of fused-ring (bicyclic) bond motifs is 1. The van der Waals surface area contributed by atoms with Crippen LogP contribution >= 0.6 is 0 Å². The van der Waals surface area contributed by atoms with Crippen molar-refractivity contribution < 1.29 is 32.3 Å². The second-order valence-electron chi connectivity index (χ2n) is 8.32. The van der Waals surface area contributed by atoms with Gasteiger partial charge in [-0.3, -0.25) is 4.90 Å². The number of urea groups is 1. The van der Waals surface area contributed by atoms with Crippen molar-refractivity contribution in [3.8, 4) is 0 Å². The molecule has 4 rings (SSSR count). The van der Waals surface area contributed by atoms with Crippen molar-refractivity contribution in [2.75, 3.05) is 31.5 Å². The number of hydrogen-bond acceptors (Lipinski definition) is 4. The minimum atomic E-state index is -5.08. The number of alkyl halides is 3. The minimum absolute atomic E-state index is 0.0413. The highest BCUT2D eigenvalue weighted by Gasteiger charge is 2.38. The van der Waals surface area contributed by atoms with E-state index < -0.39 is 12.1 Å². The molecular weight excluding hydrogens is 468 g/mol. The smallest absolute Gasteiger partial charge is 0.475 e. The molecule has 190 valence electrons. The Balaban J connectivity index is 0.000000429. The first kappa shape index (κ1) is 26.4. The van der Waals surface area contributed by atoms with Gasteiger partial charge < -0.3 is 20.6 Å². The van der Waals surface area contributed by atoms with Crippen LogP contribution in [0.5, 0.6) is 0 Å². The van der Waals surface area contributed by atoms with Gasteiger partial charge >= 0.3 is 18.2 Å². The van der Waals surface area contributed by atoms with E-state index in [2.05, 4.69) is 34.6 Å². The SMILES string of the molecule is CCC(c1ccc(F)cc1)N1CCN(C(=O)Nc2ccc3c(c2)CNC3)CC1.O=C(O)C(F)(F)F. The van der Waals surface area contributed by atoms with Crippen LogP contribution in [0.2, 0.25) is 0 Å². The van der Waals surface area contributed by atoms with Gasteiger partial charge in [-0.15, -0.1) is 0 Å². The van der Waals surface area contributed by atoms with E-state index in [0.717, 1.165) is 43.9 Å². The Morgan fingerprint density at radius 1 is 1.03 bits per heavy atom. The van der Waals surface area contributed by atoms with Gasteiger partial charge in [0, 0.05) is 51.0 Å². The number of rotatable bonds is 4. The second kappa shape index (κ2) is 11.5. The molecule has 0 aromatic heterocycles. The number of carboxylic acid groups (broad SMARTS) is 1. The molecule has 1 fully saturated rings. The summed E-state index contributed by atoms with van der Waals surface area (Å²) in [7, 11) is 0. The molecule has 0 spiro atoms. The number of nitrogens with zero attached hydrogens (tertiary/aromatic N) is 2. The predicted octanol–water partition coefficient (Wildman–Crippen LogP) is 4.36. The molecule has 2 heterocycles. The summed E-state index contributed by atoms with van der Waals surface area (Å²) in [5.74, 6) is -2.96. The van der Waals surface area contributed by atoms with Crippen LogP contribution < -0.4 is 10.6 Å². The van der Waals surface area contributed by atoms with Gasteiger partial charge in [-0.2, -0.15) is 13.2 Å². The van der Waals surface area contributed by atoms with Crippen molar-refractivity contribution in [1.29, 1.82) is 0 Å². The van der Waals surface area contributed by atoms with Crippen LogP contribution in [0.15, 0.2) is 42.5 Å². The monoisotopic (exact) mass is 496 g/mol. The quantitative estimate of drug-likeness (QED) is 0.548. The number of benzene rings is 2. The number of carbonyl (C=O) groups excluding carboxylic acids is 1. The third-order valence-corrected chi connectivity index (χ3v) is 6.01. The Labute approximate surface area is 200 Å². The number of hydrogen-bond donors (Lipinski definition) is 3. The highest BCUT2D eigenvalue weighted by Crippen LogP contribution is 2.26. The van der Waals surface area contributed by atoms with Crippen molar-refractivity contribution >= 4 is 17.7 Å². The van der Waals surface area contributed by atoms with Crippen LogP contribution in [-0.4, -0.2) is 59.3 Å². The van der Waals surface area contributed by atoms with E-state index in [1.807, 2.05) is 23.1 Å². The van der Waals surface area contributed by atoms with Crippen molar-refractivity contribution in [3.63, 3.8) is 0 Å². The maximum Gasteiger partial charge on any atom is 0.490 e. The van der Waals surface area contributed by atoms with Crippen LogP contribution in [0.4, 0.5) is 28.0 Å². The molecule has 0 aliphatic carbocycles. The number of carboxylic acids is 1. The lowest BCUT2D eigenvalue weighted by Gasteiger charge is -2.39. The summed E-state index contributed by atoms with van der Waals surface area (Å²) in [4.78, 5) is 25.8. The molecule has 7 nitrogen and oxygen atoms in total. The molecule has 11 heteroatoms. The maximum absolute atomic E-state index is 13.2. The molecule has 2 aliphatic rings. The third kappa shape index (κ3) is 7.15. The summed E-state index contributed by atoms with van der Waals surface area (Å²) in [5.41, 5.74) is 4.55. The zero-order valence-electron chi connectivity index (χ0n) is 19.2. The average molecular weight is 497 g/mol. The van der Waals surface area contributed by atoms with E-state index in [9.17, 15) is 22.4 Å². The summed E-state index contributed by atoms with van der Waals surface area (Å²) in [6, 6.07) is 13.1. The molecule has 35 heavy (non-hydrogen) atoms. The van der Waals surface area contributed by atoms with E-state index >= 15 is 0 Å². The molecule has 0 radical (unpaired) electrons. The number of anilines is 1. The zero-order chi connectivity index (χ0) is 25.6. The lowest BCUT2D eigenvalue weighted by Crippen LogP contribution is -2.50. The Morgan fingerprint density at radius 3 is 2.20 bits per heavy atom. The zero-order valence-corrected chi connectivity index (χ0v) is 19.2. The Bertz CT molecular complexity index is 1020. The van der Waals surface area contributed by atoms with Gasteiger partial charge in [-0.25, -0.2) is 14.0 Å². The van der Waals surface area contributed by atoms with Gasteiger partial charge in [0.1, 0.15) is 5.82 Å². The number of amides is 2. The number of carbonyl (C=O) groups is 2. The van der Waals surface area contributed by atoms with Gasteiger partial charge in [-0.1, -0.05) is 25.1 Å². The fourth-order valence-electron chi connectivity index (χ4n) is 4.20. The second-order valence-corrected chi connectivity index (χ2v) is 8.32. The summed E-state index contributed by atoms with van der Waals surface area (Å²) in [5, 5.41) is 13.5. The first-order chi connectivity index (χ1) is 16.6. The van der Waals surface area contributed by atoms with E-state index in [0.29, 0.717) is 13.1 Å². The molecule has 2 aromatic rings. The predicted molar refractivity (Wildman–Crippen MR) is 122 cm³/mol. The Hall–Kier alpha value is -3.18. The van der Waals surface area contributed by atoms with Crippen LogP contribution in [-0.2, 0) is 17.9 Å². The highest BCUT2D eigenvalue weighted by atomic mass is 19.4. The molecule has 0 bridgehead atoms. The molecule has 3 N–H and O–H groups in total. The maximum atomic E-state index is 13.2. The van der Waals surface area contributed by atoms with Gasteiger partial charge in [0.25, 0.3) is 0 Å². The van der Waals surface area contributed by atoms with Crippen LogP contribution in [0.25, 0.3) is 0 Å². The standard InChI is InChI=1S/C22H27FN4O.C2HF3O2/c1-2-21(16-3-6-19(23)7-4-16)26-9-11-27(12-10-26)22(28)25-20-8-5-17-14-24-15-18(17)13-20;3-2(4,5)1(6)7/h3-8,13,21,24H,2,9-12,14-15H2,1H3,(H,25,28);(H,6,7). The van der Waals surface area contributed by atoms with Gasteiger partial charge in [0.15, 0.2) is 0 Å². The van der Waals surface area contributed by atoms with Crippen molar-refractivity contribution in [2.45, 2.75) is 38.7 Å². The van der Waals surface area contributed by atoms with Crippen molar-refractivity contribution in [3.05, 3.63) is 65.0 Å². The molecular formula is C24H28F4N4O3. The van der Waals surface area contributed by atoms with Gasteiger partial charge in [0.05, 0.1) is 0 Å². The highest BCUT2D eigenvalue weighted by molar-refractivity contribution is 5.89. The summed E-state index contributed by atoms with van der Waals surface area (Å²) in [6.07, 6.45) is -4.12. The van der Waals surface area contributed by atoms with Crippen molar-refractivity contribution in [2.24, 2.45) is 0 Å². The lowest BCUT2D eigenvalue weighted by molar-refractivity contribution is -0.192. The number of halogens is 4. The van der Waals surface area contributed by atoms with Gasteiger partial charge in [-0.05, 0) is 47.4 Å². The number of piperazine rings is 1. The third-order valence-electron chi connectivity index (χ3n) is 6.01. The van der Waals surface area contributed by atoms with Crippen LogP contribution in [0, 0.1) is 5.82 Å². The molecule has 2 aliphatic heterocycles. The number of nitrogens with one attached hydrogen (secondary N) is 2. The molecule has 1 unspecified atom stereocenters. The van der Waals surface area contributed by atoms with E-state index in [-0.39, 0.29) is 17.9 Å². The normalized spacial score (nSPS) is 16.7. The van der Waals surface area contributed by atoms with E-state index in [4.69, 9.17) is 9.90 Å². The van der Waals surface area contributed by atoms with Gasteiger partial charge in [0.2, 0.25) is 0 Å². The van der Waals surface area contributed by atoms with Crippen LogP contribution in [0.1, 0.15) is 36.1 Å².